The number of fused-ring (bicyclic) bond motifs is 1. The molecule has 8 heteroatoms. The standard InChI is InChI=1S/C12H6F2N4S2/c13-11(14)19-8-1-2-9-10(3-8)20-12(18-9)17-6-7(4-15)5-16/h1-3,6,11H,(H,17,18). The van der Waals surface area contributed by atoms with Gasteiger partial charge in [-0.3, -0.25) is 0 Å². The van der Waals surface area contributed by atoms with Crippen LogP contribution in [0.2, 0.25) is 0 Å². The number of anilines is 1. The van der Waals surface area contributed by atoms with Gasteiger partial charge in [-0.25, -0.2) is 4.98 Å². The van der Waals surface area contributed by atoms with Crippen molar-refractivity contribution < 1.29 is 8.78 Å². The van der Waals surface area contributed by atoms with Gasteiger partial charge in [0, 0.05) is 11.1 Å². The van der Waals surface area contributed by atoms with E-state index in [0.29, 0.717) is 27.3 Å². The van der Waals surface area contributed by atoms with Crippen LogP contribution in [0.5, 0.6) is 0 Å². The van der Waals surface area contributed by atoms with Gasteiger partial charge in [0.25, 0.3) is 5.76 Å². The molecule has 0 aliphatic carbocycles. The second kappa shape index (κ2) is 6.33. The number of benzene rings is 1. The van der Waals surface area contributed by atoms with Crippen molar-refractivity contribution in [3.05, 3.63) is 30.0 Å². The third-order valence-corrected chi connectivity index (χ3v) is 3.82. The summed E-state index contributed by atoms with van der Waals surface area (Å²) in [5.74, 6) is -2.46. The fourth-order valence-electron chi connectivity index (χ4n) is 1.37. The minimum atomic E-state index is -2.46. The number of nitriles is 2. The minimum Gasteiger partial charge on any atom is -0.336 e. The predicted molar refractivity (Wildman–Crippen MR) is 74.4 cm³/mol. The lowest BCUT2D eigenvalue weighted by Gasteiger charge is -1.98. The van der Waals surface area contributed by atoms with Gasteiger partial charge in [-0.2, -0.15) is 19.3 Å². The maximum absolute atomic E-state index is 12.3. The van der Waals surface area contributed by atoms with Crippen LogP contribution in [0.3, 0.4) is 0 Å². The van der Waals surface area contributed by atoms with E-state index in [1.165, 1.54) is 17.5 Å². The minimum absolute atomic E-state index is 0.0711. The molecule has 0 atom stereocenters. The van der Waals surface area contributed by atoms with Crippen molar-refractivity contribution in [3.8, 4) is 12.1 Å². The van der Waals surface area contributed by atoms with E-state index in [0.717, 1.165) is 4.70 Å². The molecule has 0 fully saturated rings. The van der Waals surface area contributed by atoms with Crippen molar-refractivity contribution in [1.82, 2.24) is 4.98 Å². The highest BCUT2D eigenvalue weighted by atomic mass is 32.2. The molecule has 2 aromatic rings. The van der Waals surface area contributed by atoms with Crippen LogP contribution in [0.25, 0.3) is 10.2 Å². The second-order valence-corrected chi connectivity index (χ2v) is 5.55. The van der Waals surface area contributed by atoms with Crippen LogP contribution in [-0.4, -0.2) is 10.7 Å². The van der Waals surface area contributed by atoms with E-state index in [9.17, 15) is 8.78 Å². The van der Waals surface area contributed by atoms with Crippen LogP contribution in [0.4, 0.5) is 13.9 Å². The fourth-order valence-corrected chi connectivity index (χ4v) is 2.85. The van der Waals surface area contributed by atoms with E-state index in [1.807, 2.05) is 0 Å². The lowest BCUT2D eigenvalue weighted by molar-refractivity contribution is 0.252. The molecule has 4 nitrogen and oxygen atoms in total. The number of rotatable bonds is 4. The SMILES string of the molecule is N#CC(C#N)=CNc1nc2ccc(SC(F)F)cc2s1. The first kappa shape index (κ1) is 14.3. The molecule has 0 spiro atoms. The Hall–Kier alpha value is -2.16. The number of nitrogens with one attached hydrogen (secondary N) is 1. The maximum Gasteiger partial charge on any atom is 0.288 e. The summed E-state index contributed by atoms with van der Waals surface area (Å²) in [4.78, 5) is 4.69. The molecule has 0 bridgehead atoms. The summed E-state index contributed by atoms with van der Waals surface area (Å²) in [5, 5.41) is 20.4. The van der Waals surface area contributed by atoms with Gasteiger partial charge < -0.3 is 5.32 Å². The summed E-state index contributed by atoms with van der Waals surface area (Å²) in [7, 11) is 0. The Morgan fingerprint density at radius 2 is 2.15 bits per heavy atom. The zero-order chi connectivity index (χ0) is 14.5. The van der Waals surface area contributed by atoms with Gasteiger partial charge in [-0.1, -0.05) is 23.1 Å². The van der Waals surface area contributed by atoms with Crippen LogP contribution < -0.4 is 5.32 Å². The lowest BCUT2D eigenvalue weighted by atomic mass is 10.3. The van der Waals surface area contributed by atoms with E-state index >= 15 is 0 Å². The number of hydrogen-bond acceptors (Lipinski definition) is 6. The third-order valence-electron chi connectivity index (χ3n) is 2.17. The first-order valence-electron chi connectivity index (χ1n) is 5.24. The van der Waals surface area contributed by atoms with Crippen molar-refractivity contribution in [1.29, 1.82) is 10.5 Å². The van der Waals surface area contributed by atoms with E-state index in [-0.39, 0.29) is 5.57 Å². The summed E-state index contributed by atoms with van der Waals surface area (Å²) in [6, 6.07) is 8.29. The Kier molecular flexibility index (Phi) is 4.51. The summed E-state index contributed by atoms with van der Waals surface area (Å²) < 4.78 is 25.3. The highest BCUT2D eigenvalue weighted by Crippen LogP contribution is 2.32. The molecule has 1 N–H and O–H groups in total. The lowest BCUT2D eigenvalue weighted by Crippen LogP contribution is -1.88. The molecule has 0 saturated heterocycles. The zero-order valence-electron chi connectivity index (χ0n) is 9.80. The molecule has 1 aromatic carbocycles. The van der Waals surface area contributed by atoms with E-state index in [1.54, 1.807) is 30.3 Å². The molecule has 2 rings (SSSR count). The number of halogens is 2. The van der Waals surface area contributed by atoms with Gasteiger partial charge >= 0.3 is 0 Å². The van der Waals surface area contributed by atoms with E-state index in [4.69, 9.17) is 10.5 Å². The molecule has 0 unspecified atom stereocenters. The fraction of sp³-hybridized carbons (Fsp3) is 0.0833. The monoisotopic (exact) mass is 308 g/mol. The Morgan fingerprint density at radius 1 is 1.40 bits per heavy atom. The number of hydrogen-bond donors (Lipinski definition) is 1. The average molecular weight is 308 g/mol. The van der Waals surface area contributed by atoms with Crippen LogP contribution in [-0.2, 0) is 0 Å². The number of alkyl halides is 2. The largest absolute Gasteiger partial charge is 0.336 e. The maximum atomic E-state index is 12.3. The Bertz CT molecular complexity index is 724. The quantitative estimate of drug-likeness (QED) is 0.684. The highest BCUT2D eigenvalue weighted by molar-refractivity contribution is 7.99. The summed E-state index contributed by atoms with van der Waals surface area (Å²) in [6.45, 7) is 0. The first-order valence-corrected chi connectivity index (χ1v) is 6.94. The van der Waals surface area contributed by atoms with Gasteiger partial charge in [0.2, 0.25) is 0 Å². The Morgan fingerprint density at radius 3 is 2.80 bits per heavy atom. The molecule has 0 aliphatic rings. The van der Waals surface area contributed by atoms with Crippen molar-refractivity contribution in [3.63, 3.8) is 0 Å². The van der Waals surface area contributed by atoms with Crippen molar-refractivity contribution in [2.24, 2.45) is 0 Å². The smallest absolute Gasteiger partial charge is 0.288 e. The molecule has 100 valence electrons. The molecule has 0 aliphatic heterocycles. The summed E-state index contributed by atoms with van der Waals surface area (Å²) in [6.07, 6.45) is 1.26. The molecule has 0 amide bonds. The van der Waals surface area contributed by atoms with Gasteiger partial charge in [-0.15, -0.1) is 0 Å². The summed E-state index contributed by atoms with van der Waals surface area (Å²) >= 11 is 1.73. The normalized spacial score (nSPS) is 10.1. The topological polar surface area (TPSA) is 72.5 Å². The second-order valence-electron chi connectivity index (χ2n) is 3.45. The number of thioether (sulfide) groups is 1. The van der Waals surface area contributed by atoms with Gasteiger partial charge in [0.15, 0.2) is 5.13 Å². The van der Waals surface area contributed by atoms with Crippen molar-refractivity contribution in [2.45, 2.75) is 10.7 Å². The van der Waals surface area contributed by atoms with Crippen LogP contribution in [0.1, 0.15) is 0 Å². The van der Waals surface area contributed by atoms with Crippen molar-refractivity contribution >= 4 is 38.4 Å². The average Bonchev–Trinajstić information content (AvgIpc) is 2.81. The highest BCUT2D eigenvalue weighted by Gasteiger charge is 2.08. The van der Waals surface area contributed by atoms with Crippen LogP contribution in [0, 0.1) is 22.7 Å². The number of allylic oxidation sites excluding steroid dienone is 1. The zero-order valence-corrected chi connectivity index (χ0v) is 11.4. The van der Waals surface area contributed by atoms with Gasteiger partial charge in [-0.05, 0) is 18.2 Å². The van der Waals surface area contributed by atoms with Crippen LogP contribution >= 0.6 is 23.1 Å². The molecular weight excluding hydrogens is 302 g/mol. The molecule has 0 saturated carbocycles. The van der Waals surface area contributed by atoms with Crippen LogP contribution in [0.15, 0.2) is 34.9 Å². The predicted octanol–water partition coefficient (Wildman–Crippen LogP) is 3.95. The molecule has 20 heavy (non-hydrogen) atoms. The van der Waals surface area contributed by atoms with Gasteiger partial charge in [0.1, 0.15) is 17.7 Å². The van der Waals surface area contributed by atoms with Gasteiger partial charge in [0.05, 0.1) is 10.2 Å². The van der Waals surface area contributed by atoms with Crippen molar-refractivity contribution in [2.75, 3.05) is 5.32 Å². The summed E-state index contributed by atoms with van der Waals surface area (Å²) in [5.41, 5.74) is 0.596. The first-order chi connectivity index (χ1) is 9.62. The molecule has 0 radical (unpaired) electrons. The Balaban J connectivity index is 2.24. The number of thiazole rings is 1. The number of nitrogens with zero attached hydrogens (tertiary/aromatic N) is 3. The van der Waals surface area contributed by atoms with E-state index < -0.39 is 5.76 Å². The molecule has 1 aromatic heterocycles. The molecule has 1 heterocycles. The number of aromatic nitrogens is 1. The van der Waals surface area contributed by atoms with E-state index in [2.05, 4.69) is 10.3 Å². The Labute approximate surface area is 121 Å². The third kappa shape index (κ3) is 3.44. The molecular formula is C12H6F2N4S2.